The van der Waals surface area contributed by atoms with Gasteiger partial charge in [-0.1, -0.05) is 24.3 Å². The Morgan fingerprint density at radius 1 is 1.21 bits per heavy atom. The normalized spacial score (nSPS) is 15.4. The van der Waals surface area contributed by atoms with Gasteiger partial charge in [0.1, 0.15) is 6.42 Å². The number of nitrogens with zero attached hydrogens (tertiary/aromatic N) is 1. The molecule has 1 heterocycles. The smallest absolute Gasteiger partial charge is 0.313 e. The maximum absolute atomic E-state index is 12.1. The molecule has 1 aromatic carbocycles. The van der Waals surface area contributed by atoms with Crippen molar-refractivity contribution >= 4 is 11.8 Å². The van der Waals surface area contributed by atoms with Crippen LogP contribution >= 0.6 is 0 Å². The standard InChI is InChI=1S/C15H19NO3/c1-19-15(18)10-14(17)13-7-3-2-6-12(13)11-16-8-4-5-9-16/h2-3,6-7H,4-5,8-11H2,1H3. The molecule has 4 heteroatoms. The highest BCUT2D eigenvalue weighted by atomic mass is 16.5. The molecular weight excluding hydrogens is 242 g/mol. The second-order valence-electron chi connectivity index (χ2n) is 4.82. The third-order valence-corrected chi connectivity index (χ3v) is 3.44. The summed E-state index contributed by atoms with van der Waals surface area (Å²) < 4.78 is 4.55. The van der Waals surface area contributed by atoms with Crippen molar-refractivity contribution < 1.29 is 14.3 Å². The number of esters is 1. The SMILES string of the molecule is COC(=O)CC(=O)c1ccccc1CN1CCCC1. The number of Topliss-reactive ketones (excluding diaryl/α,β-unsaturated/α-hetero) is 1. The topological polar surface area (TPSA) is 46.6 Å². The molecule has 0 unspecified atom stereocenters. The minimum absolute atomic E-state index is 0.165. The summed E-state index contributed by atoms with van der Waals surface area (Å²) in [5, 5.41) is 0. The van der Waals surface area contributed by atoms with Gasteiger partial charge in [-0.25, -0.2) is 0 Å². The molecule has 1 aliphatic rings. The van der Waals surface area contributed by atoms with Crippen molar-refractivity contribution in [1.29, 1.82) is 0 Å². The highest BCUT2D eigenvalue weighted by Gasteiger charge is 2.18. The van der Waals surface area contributed by atoms with Crippen molar-refractivity contribution in [3.8, 4) is 0 Å². The van der Waals surface area contributed by atoms with E-state index in [2.05, 4.69) is 9.64 Å². The molecule has 2 rings (SSSR count). The van der Waals surface area contributed by atoms with E-state index < -0.39 is 5.97 Å². The molecule has 19 heavy (non-hydrogen) atoms. The fraction of sp³-hybridized carbons (Fsp3) is 0.467. The molecule has 0 spiro atoms. The number of rotatable bonds is 5. The molecule has 0 N–H and O–H groups in total. The third kappa shape index (κ3) is 3.64. The van der Waals surface area contributed by atoms with Gasteiger partial charge in [-0.3, -0.25) is 14.5 Å². The summed E-state index contributed by atoms with van der Waals surface area (Å²) in [6.07, 6.45) is 2.25. The molecular formula is C15H19NO3. The van der Waals surface area contributed by atoms with Crippen LogP contribution in [0.2, 0.25) is 0 Å². The third-order valence-electron chi connectivity index (χ3n) is 3.44. The van der Waals surface area contributed by atoms with Crippen molar-refractivity contribution in [3.05, 3.63) is 35.4 Å². The first-order chi connectivity index (χ1) is 9.20. The summed E-state index contributed by atoms with van der Waals surface area (Å²) in [4.78, 5) is 25.6. The predicted molar refractivity (Wildman–Crippen MR) is 71.9 cm³/mol. The van der Waals surface area contributed by atoms with E-state index in [1.807, 2.05) is 18.2 Å². The maximum Gasteiger partial charge on any atom is 0.313 e. The Morgan fingerprint density at radius 3 is 2.58 bits per heavy atom. The molecule has 0 amide bonds. The van der Waals surface area contributed by atoms with Crippen molar-refractivity contribution in [3.63, 3.8) is 0 Å². The van der Waals surface area contributed by atoms with Crippen molar-refractivity contribution in [1.82, 2.24) is 4.90 Å². The van der Waals surface area contributed by atoms with Crippen LogP contribution in [0.4, 0.5) is 0 Å². The number of ketones is 1. The van der Waals surface area contributed by atoms with Gasteiger partial charge in [0.15, 0.2) is 5.78 Å². The van der Waals surface area contributed by atoms with E-state index in [0.717, 1.165) is 25.2 Å². The maximum atomic E-state index is 12.1. The Labute approximate surface area is 113 Å². The molecule has 102 valence electrons. The predicted octanol–water partition coefficient (Wildman–Crippen LogP) is 2.03. The Balaban J connectivity index is 2.10. The van der Waals surface area contributed by atoms with Crippen LogP contribution in [0.25, 0.3) is 0 Å². The van der Waals surface area contributed by atoms with Gasteiger partial charge >= 0.3 is 5.97 Å². The average molecular weight is 261 g/mol. The first-order valence-corrected chi connectivity index (χ1v) is 6.61. The molecule has 0 aliphatic carbocycles. The highest BCUT2D eigenvalue weighted by molar-refractivity contribution is 6.06. The summed E-state index contributed by atoms with van der Waals surface area (Å²) in [5.41, 5.74) is 1.64. The average Bonchev–Trinajstić information content (AvgIpc) is 2.92. The van der Waals surface area contributed by atoms with Crippen molar-refractivity contribution in [2.45, 2.75) is 25.8 Å². The second kappa shape index (κ2) is 6.48. The number of ether oxygens (including phenoxy) is 1. The van der Waals surface area contributed by atoms with E-state index in [1.54, 1.807) is 6.07 Å². The number of hydrogen-bond donors (Lipinski definition) is 0. The van der Waals surface area contributed by atoms with Crippen LogP contribution in [0.1, 0.15) is 35.2 Å². The lowest BCUT2D eigenvalue weighted by atomic mass is 10.0. The molecule has 0 atom stereocenters. The number of carbonyl (C=O) groups is 2. The summed E-state index contributed by atoms with van der Waals surface area (Å²) in [6, 6.07) is 7.51. The van der Waals surface area contributed by atoms with Crippen molar-refractivity contribution in [2.75, 3.05) is 20.2 Å². The van der Waals surface area contributed by atoms with Gasteiger partial charge in [0.25, 0.3) is 0 Å². The van der Waals surface area contributed by atoms with Crippen LogP contribution in [-0.2, 0) is 16.1 Å². The zero-order chi connectivity index (χ0) is 13.7. The second-order valence-corrected chi connectivity index (χ2v) is 4.82. The molecule has 1 saturated heterocycles. The summed E-state index contributed by atoms with van der Waals surface area (Å²) >= 11 is 0. The number of hydrogen-bond acceptors (Lipinski definition) is 4. The Hall–Kier alpha value is -1.68. The van der Waals surface area contributed by atoms with Gasteiger partial charge in [0.2, 0.25) is 0 Å². The van der Waals surface area contributed by atoms with Crippen LogP contribution < -0.4 is 0 Å². The fourth-order valence-electron chi connectivity index (χ4n) is 2.41. The van der Waals surface area contributed by atoms with E-state index in [1.165, 1.54) is 20.0 Å². The Kier molecular flexibility index (Phi) is 4.68. The van der Waals surface area contributed by atoms with Crippen molar-refractivity contribution in [2.24, 2.45) is 0 Å². The summed E-state index contributed by atoms with van der Waals surface area (Å²) in [7, 11) is 1.30. The molecule has 4 nitrogen and oxygen atoms in total. The van der Waals surface area contributed by atoms with Gasteiger partial charge in [-0.15, -0.1) is 0 Å². The van der Waals surface area contributed by atoms with E-state index in [0.29, 0.717) is 5.56 Å². The van der Waals surface area contributed by atoms with Gasteiger partial charge in [0.05, 0.1) is 7.11 Å². The first-order valence-electron chi connectivity index (χ1n) is 6.61. The Bertz CT molecular complexity index is 464. The largest absolute Gasteiger partial charge is 0.469 e. The quantitative estimate of drug-likeness (QED) is 0.462. The fourth-order valence-corrected chi connectivity index (χ4v) is 2.41. The molecule has 1 fully saturated rings. The lowest BCUT2D eigenvalue weighted by molar-refractivity contribution is -0.139. The van der Waals surface area contributed by atoms with Gasteiger partial charge < -0.3 is 4.74 Å². The minimum Gasteiger partial charge on any atom is -0.469 e. The lowest BCUT2D eigenvalue weighted by Gasteiger charge is -2.16. The molecule has 0 aromatic heterocycles. The van der Waals surface area contributed by atoms with E-state index in [-0.39, 0.29) is 12.2 Å². The van der Waals surface area contributed by atoms with E-state index in [4.69, 9.17) is 0 Å². The molecule has 0 bridgehead atoms. The molecule has 1 aromatic rings. The van der Waals surface area contributed by atoms with Gasteiger partial charge in [-0.2, -0.15) is 0 Å². The zero-order valence-corrected chi connectivity index (χ0v) is 11.2. The van der Waals surface area contributed by atoms with E-state index in [9.17, 15) is 9.59 Å². The number of carbonyl (C=O) groups excluding carboxylic acids is 2. The molecule has 1 aliphatic heterocycles. The summed E-state index contributed by atoms with van der Waals surface area (Å²) in [5.74, 6) is -0.650. The minimum atomic E-state index is -0.485. The summed E-state index contributed by atoms with van der Waals surface area (Å²) in [6.45, 7) is 2.95. The highest BCUT2D eigenvalue weighted by Crippen LogP contribution is 2.17. The Morgan fingerprint density at radius 2 is 1.89 bits per heavy atom. The first kappa shape index (κ1) is 13.7. The molecule has 0 radical (unpaired) electrons. The van der Waals surface area contributed by atoms with Crippen LogP contribution in [-0.4, -0.2) is 36.9 Å². The lowest BCUT2D eigenvalue weighted by Crippen LogP contribution is -2.20. The van der Waals surface area contributed by atoms with Gasteiger partial charge in [0, 0.05) is 12.1 Å². The van der Waals surface area contributed by atoms with Gasteiger partial charge in [-0.05, 0) is 31.5 Å². The van der Waals surface area contributed by atoms with Crippen LogP contribution in [0.15, 0.2) is 24.3 Å². The van der Waals surface area contributed by atoms with Crippen LogP contribution in [0, 0.1) is 0 Å². The monoisotopic (exact) mass is 261 g/mol. The van der Waals surface area contributed by atoms with Crippen LogP contribution in [0.5, 0.6) is 0 Å². The van der Waals surface area contributed by atoms with E-state index >= 15 is 0 Å². The zero-order valence-electron chi connectivity index (χ0n) is 11.2. The van der Waals surface area contributed by atoms with Crippen LogP contribution in [0.3, 0.4) is 0 Å². The number of benzene rings is 1. The number of likely N-dealkylation sites (tertiary alicyclic amines) is 1. The molecule has 0 saturated carbocycles. The number of methoxy groups -OCH3 is 1.